The number of halogens is 4. The number of hydrogen-bond donors (Lipinski definition) is 0. The van der Waals surface area contributed by atoms with E-state index in [9.17, 15) is 13.2 Å². The Balaban J connectivity index is 2.23. The smallest absolute Gasteiger partial charge is 0.398 e. The summed E-state index contributed by atoms with van der Waals surface area (Å²) < 4.78 is 68.1. The van der Waals surface area contributed by atoms with E-state index in [1.165, 1.54) is 11.3 Å². The van der Waals surface area contributed by atoms with Crippen molar-refractivity contribution in [2.24, 2.45) is 0 Å². The quantitative estimate of drug-likeness (QED) is 0.371. The minimum absolute atomic E-state index is 0.00660. The maximum absolute atomic E-state index is 15.2. The Kier molecular flexibility index (Phi) is 6.27. The molecule has 3 nitrogen and oxygen atoms in total. The van der Waals surface area contributed by atoms with Gasteiger partial charge in [0.15, 0.2) is 0 Å². The van der Waals surface area contributed by atoms with Crippen LogP contribution in [0.2, 0.25) is 0 Å². The number of alkyl halides is 3. The van der Waals surface area contributed by atoms with Crippen LogP contribution in [-0.4, -0.2) is 37.7 Å². The lowest BCUT2D eigenvalue weighted by Gasteiger charge is -2.32. The van der Waals surface area contributed by atoms with Crippen LogP contribution in [-0.2, 0) is 14.0 Å². The molecule has 0 N–H and O–H groups in total. The summed E-state index contributed by atoms with van der Waals surface area (Å²) in [6.45, 7) is 7.44. The van der Waals surface area contributed by atoms with E-state index < -0.39 is 36.8 Å². The van der Waals surface area contributed by atoms with Crippen molar-refractivity contribution in [3.05, 3.63) is 27.6 Å². The Morgan fingerprint density at radius 3 is 2.23 bits per heavy atom. The monoisotopic (exact) mass is 394 g/mol. The zero-order valence-electron chi connectivity index (χ0n) is 15.5. The van der Waals surface area contributed by atoms with E-state index in [4.69, 9.17) is 9.31 Å². The molecule has 0 unspecified atom stereocenters. The van der Waals surface area contributed by atoms with Gasteiger partial charge in [0.2, 0.25) is 0 Å². The summed E-state index contributed by atoms with van der Waals surface area (Å²) in [4.78, 5) is 0.660. The van der Waals surface area contributed by atoms with Crippen LogP contribution >= 0.6 is 11.3 Å². The van der Waals surface area contributed by atoms with Gasteiger partial charge in [-0.25, -0.2) is 4.39 Å². The van der Waals surface area contributed by atoms with Gasteiger partial charge in [0.1, 0.15) is 12.3 Å². The van der Waals surface area contributed by atoms with Crippen molar-refractivity contribution in [3.63, 3.8) is 0 Å². The Hall–Kier alpha value is -0.895. The topological polar surface area (TPSA) is 27.7 Å². The molecular formula is C17H23BF4O3S. The second-order valence-corrected chi connectivity index (χ2v) is 8.18. The lowest BCUT2D eigenvalue weighted by molar-refractivity contribution is -0.173. The normalized spacial score (nSPS) is 20.4. The largest absolute Gasteiger partial charge is 0.525 e. The molecule has 26 heavy (non-hydrogen) atoms. The van der Waals surface area contributed by atoms with Crippen molar-refractivity contribution in [1.82, 2.24) is 0 Å². The summed E-state index contributed by atoms with van der Waals surface area (Å²) in [5.41, 5.74) is -0.940. The minimum Gasteiger partial charge on any atom is -0.398 e. The molecule has 1 aliphatic rings. The van der Waals surface area contributed by atoms with Crippen molar-refractivity contribution in [2.75, 3.05) is 13.2 Å². The van der Waals surface area contributed by atoms with Crippen molar-refractivity contribution >= 4 is 24.0 Å². The van der Waals surface area contributed by atoms with Crippen LogP contribution in [0.25, 0.3) is 5.57 Å². The maximum atomic E-state index is 15.2. The SMILES string of the molecule is Cc1ccsc1C(CCOCC(F)(F)F)=C(F)B1OC(C)(C)C(C)(C)O1. The highest BCUT2D eigenvalue weighted by Gasteiger charge is 2.53. The zero-order valence-corrected chi connectivity index (χ0v) is 16.3. The second-order valence-electron chi connectivity index (χ2n) is 7.27. The average Bonchev–Trinajstić information content (AvgIpc) is 2.98. The highest BCUT2D eigenvalue weighted by atomic mass is 32.1. The van der Waals surface area contributed by atoms with Gasteiger partial charge >= 0.3 is 13.3 Å². The van der Waals surface area contributed by atoms with Crippen LogP contribution in [0.4, 0.5) is 17.6 Å². The molecule has 0 saturated carbocycles. The molecule has 0 amide bonds. The predicted molar refractivity (Wildman–Crippen MR) is 94.7 cm³/mol. The molecule has 146 valence electrons. The molecule has 2 heterocycles. The molecule has 1 fully saturated rings. The Labute approximate surface area is 155 Å². The summed E-state index contributed by atoms with van der Waals surface area (Å²) >= 11 is 1.32. The molecular weight excluding hydrogens is 371 g/mol. The first-order chi connectivity index (χ1) is 11.8. The number of rotatable bonds is 6. The lowest BCUT2D eigenvalue weighted by atomic mass is 9.83. The lowest BCUT2D eigenvalue weighted by Crippen LogP contribution is -2.41. The number of aryl methyl sites for hydroxylation is 1. The van der Waals surface area contributed by atoms with Gasteiger partial charge in [-0.2, -0.15) is 13.2 Å². The molecule has 2 rings (SSSR count). The Morgan fingerprint density at radius 1 is 1.19 bits per heavy atom. The first-order valence-electron chi connectivity index (χ1n) is 8.27. The fourth-order valence-corrected chi connectivity index (χ4v) is 3.48. The van der Waals surface area contributed by atoms with Gasteiger partial charge in [-0.1, -0.05) is 0 Å². The van der Waals surface area contributed by atoms with Crippen molar-refractivity contribution < 1.29 is 31.6 Å². The zero-order chi connectivity index (χ0) is 19.8. The number of hydrogen-bond acceptors (Lipinski definition) is 4. The maximum Gasteiger partial charge on any atom is 0.525 e. The van der Waals surface area contributed by atoms with Gasteiger partial charge in [-0.15, -0.1) is 11.3 Å². The molecule has 9 heteroatoms. The number of ether oxygens (including phenoxy) is 1. The summed E-state index contributed by atoms with van der Waals surface area (Å²) in [5.74, 6) is 0. The molecule has 1 aromatic rings. The van der Waals surface area contributed by atoms with E-state index in [1.54, 1.807) is 5.38 Å². The van der Waals surface area contributed by atoms with Gasteiger partial charge in [0.05, 0.1) is 17.8 Å². The molecule has 0 spiro atoms. The average molecular weight is 394 g/mol. The molecule has 0 atom stereocenters. The van der Waals surface area contributed by atoms with Crippen LogP contribution in [0.15, 0.2) is 17.2 Å². The second kappa shape index (κ2) is 7.62. The number of thiophene rings is 1. The first kappa shape index (κ1) is 21.4. The van der Waals surface area contributed by atoms with E-state index >= 15 is 4.39 Å². The predicted octanol–water partition coefficient (Wildman–Crippen LogP) is 5.34. The molecule has 0 aliphatic carbocycles. The van der Waals surface area contributed by atoms with Crippen LogP contribution in [0.5, 0.6) is 0 Å². The van der Waals surface area contributed by atoms with Gasteiger partial charge < -0.3 is 14.0 Å². The Morgan fingerprint density at radius 2 is 1.77 bits per heavy atom. The third kappa shape index (κ3) is 4.88. The van der Waals surface area contributed by atoms with Gasteiger partial charge in [0.25, 0.3) is 0 Å². The highest BCUT2D eigenvalue weighted by molar-refractivity contribution is 7.11. The summed E-state index contributed by atoms with van der Waals surface area (Å²) in [6, 6.07) is 1.83. The fraction of sp³-hybridized carbons (Fsp3) is 0.647. The minimum atomic E-state index is -4.41. The van der Waals surface area contributed by atoms with E-state index in [0.29, 0.717) is 4.88 Å². The van der Waals surface area contributed by atoms with Gasteiger partial charge in [0, 0.05) is 4.88 Å². The first-order valence-corrected chi connectivity index (χ1v) is 9.15. The third-order valence-corrected chi connectivity index (χ3v) is 5.72. The third-order valence-electron chi connectivity index (χ3n) is 4.65. The fourth-order valence-electron chi connectivity index (χ4n) is 2.47. The summed E-state index contributed by atoms with van der Waals surface area (Å²) in [7, 11) is -1.20. The summed E-state index contributed by atoms with van der Waals surface area (Å²) in [5, 5.41) is 1.80. The van der Waals surface area contributed by atoms with Crippen LogP contribution in [0.3, 0.4) is 0 Å². The van der Waals surface area contributed by atoms with Crippen LogP contribution < -0.4 is 0 Å². The van der Waals surface area contributed by atoms with E-state index in [2.05, 4.69) is 4.74 Å². The molecule has 0 radical (unpaired) electrons. The van der Waals surface area contributed by atoms with Gasteiger partial charge in [-0.05, 0) is 63.6 Å². The van der Waals surface area contributed by atoms with Crippen molar-refractivity contribution in [3.8, 4) is 0 Å². The van der Waals surface area contributed by atoms with Crippen molar-refractivity contribution in [1.29, 1.82) is 0 Å². The molecule has 1 saturated heterocycles. The van der Waals surface area contributed by atoms with E-state index in [-0.39, 0.29) is 18.6 Å². The molecule has 0 aromatic carbocycles. The molecule has 1 aromatic heterocycles. The van der Waals surface area contributed by atoms with Crippen LogP contribution in [0, 0.1) is 6.92 Å². The summed E-state index contributed by atoms with van der Waals surface area (Å²) in [6.07, 6.45) is -4.42. The van der Waals surface area contributed by atoms with Crippen LogP contribution in [0.1, 0.15) is 44.6 Å². The molecule has 0 bridgehead atoms. The van der Waals surface area contributed by atoms with E-state index in [0.717, 1.165) is 5.56 Å². The van der Waals surface area contributed by atoms with Gasteiger partial charge in [-0.3, -0.25) is 0 Å². The highest BCUT2D eigenvalue weighted by Crippen LogP contribution is 2.41. The van der Waals surface area contributed by atoms with E-state index in [1.807, 2.05) is 40.7 Å². The Bertz CT molecular complexity index is 651. The standard InChI is InChI=1S/C17H23BF4O3S/c1-11-7-9-26-13(11)12(6-8-23-10-17(20,21)22)14(19)18-24-15(2,3)16(4,5)25-18/h7,9H,6,8,10H2,1-5H3. The molecule has 1 aliphatic heterocycles. The van der Waals surface area contributed by atoms with Crippen molar-refractivity contribution in [2.45, 2.75) is 58.4 Å².